The van der Waals surface area contributed by atoms with Gasteiger partial charge in [0.25, 0.3) is 5.91 Å². The summed E-state index contributed by atoms with van der Waals surface area (Å²) >= 11 is 0. The number of nitrogens with zero attached hydrogens (tertiary/aromatic N) is 3. The second-order valence-electron chi connectivity index (χ2n) is 6.40. The molecule has 0 aliphatic carbocycles. The number of benzene rings is 2. The summed E-state index contributed by atoms with van der Waals surface area (Å²) in [5.74, 6) is 0.0266. The van der Waals surface area contributed by atoms with Crippen LogP contribution >= 0.6 is 0 Å². The van der Waals surface area contributed by atoms with Gasteiger partial charge >= 0.3 is 0 Å². The average Bonchev–Trinajstić information content (AvgIpc) is 3.29. The fourth-order valence-corrected chi connectivity index (χ4v) is 3.26. The Hall–Kier alpha value is -3.12. The number of aromatic nitrogens is 2. The maximum absolute atomic E-state index is 12.5. The van der Waals surface area contributed by atoms with Crippen molar-refractivity contribution in [3.63, 3.8) is 0 Å². The number of fused-ring (bicyclic) bond motifs is 1. The highest BCUT2D eigenvalue weighted by molar-refractivity contribution is 5.93. The lowest BCUT2D eigenvalue weighted by molar-refractivity contribution is 0.0941. The van der Waals surface area contributed by atoms with Crippen molar-refractivity contribution in [2.75, 3.05) is 13.1 Å². The van der Waals surface area contributed by atoms with E-state index < -0.39 is 0 Å². The summed E-state index contributed by atoms with van der Waals surface area (Å²) in [5.41, 5.74) is 3.98. The molecule has 0 spiro atoms. The number of imidazole rings is 1. The molecular formula is C20H20N4O2. The molecule has 0 saturated heterocycles. The summed E-state index contributed by atoms with van der Waals surface area (Å²) in [6.07, 6.45) is 3.15. The lowest BCUT2D eigenvalue weighted by atomic mass is 10.1. The van der Waals surface area contributed by atoms with E-state index in [0.29, 0.717) is 12.2 Å². The van der Waals surface area contributed by atoms with E-state index >= 15 is 0 Å². The molecule has 132 valence electrons. The normalized spacial score (nSPS) is 13.5. The van der Waals surface area contributed by atoms with E-state index in [9.17, 15) is 9.90 Å². The third-order valence-corrected chi connectivity index (χ3v) is 4.62. The third-order valence-electron chi connectivity index (χ3n) is 4.62. The maximum atomic E-state index is 12.5. The number of amides is 1. The van der Waals surface area contributed by atoms with Crippen molar-refractivity contribution < 1.29 is 9.90 Å². The molecule has 0 radical (unpaired) electrons. The van der Waals surface area contributed by atoms with Gasteiger partial charge in [-0.3, -0.25) is 14.3 Å². The summed E-state index contributed by atoms with van der Waals surface area (Å²) in [6.45, 7) is 3.23. The van der Waals surface area contributed by atoms with Crippen LogP contribution in [0.15, 0.2) is 61.1 Å². The molecule has 0 saturated carbocycles. The molecule has 1 amide bonds. The monoisotopic (exact) mass is 348 g/mol. The molecule has 1 aromatic heterocycles. The fourth-order valence-electron chi connectivity index (χ4n) is 3.26. The first-order chi connectivity index (χ1) is 12.7. The van der Waals surface area contributed by atoms with Crippen molar-refractivity contribution in [3.05, 3.63) is 77.9 Å². The first-order valence-corrected chi connectivity index (χ1v) is 8.60. The van der Waals surface area contributed by atoms with Crippen molar-refractivity contribution in [2.24, 2.45) is 0 Å². The minimum atomic E-state index is -0.160. The van der Waals surface area contributed by atoms with Crippen LogP contribution in [0.4, 0.5) is 0 Å². The molecule has 3 aromatic rings. The zero-order valence-electron chi connectivity index (χ0n) is 14.3. The number of carbonyl (C=O) groups is 1. The molecule has 1 aliphatic rings. The molecule has 0 atom stereocenters. The molecular weight excluding hydrogens is 328 g/mol. The van der Waals surface area contributed by atoms with Crippen LogP contribution in [0, 0.1) is 0 Å². The van der Waals surface area contributed by atoms with Crippen LogP contribution in [-0.2, 0) is 13.1 Å². The standard InChI is InChI=1S/C20H20N4O2/c25-18-7-5-17(6-8-18)24-14-21-11-19(24)20(26)22-9-10-23-12-15-3-1-2-4-16(15)13-23/h1-8,11,14,25H,9-10,12-13H2,(H,22,26). The second-order valence-corrected chi connectivity index (χ2v) is 6.40. The predicted octanol–water partition coefficient (Wildman–Crippen LogP) is 2.32. The Balaban J connectivity index is 1.35. The van der Waals surface area contributed by atoms with E-state index in [4.69, 9.17) is 0 Å². The predicted molar refractivity (Wildman–Crippen MR) is 98.1 cm³/mol. The van der Waals surface area contributed by atoms with Crippen molar-refractivity contribution in [2.45, 2.75) is 13.1 Å². The Labute approximate surface area is 151 Å². The minimum Gasteiger partial charge on any atom is -0.508 e. The van der Waals surface area contributed by atoms with Gasteiger partial charge in [-0.15, -0.1) is 0 Å². The molecule has 0 unspecified atom stereocenters. The highest BCUT2D eigenvalue weighted by Crippen LogP contribution is 2.21. The molecule has 6 nitrogen and oxygen atoms in total. The quantitative estimate of drug-likeness (QED) is 0.742. The van der Waals surface area contributed by atoms with Gasteiger partial charge in [-0.05, 0) is 35.4 Å². The van der Waals surface area contributed by atoms with E-state index in [1.807, 2.05) is 0 Å². The number of phenolic OH excluding ortho intramolecular Hbond substituents is 1. The van der Waals surface area contributed by atoms with Crippen LogP contribution in [0.3, 0.4) is 0 Å². The van der Waals surface area contributed by atoms with Crippen molar-refractivity contribution >= 4 is 5.91 Å². The average molecular weight is 348 g/mol. The van der Waals surface area contributed by atoms with E-state index in [0.717, 1.165) is 25.3 Å². The van der Waals surface area contributed by atoms with E-state index in [2.05, 4.69) is 39.5 Å². The number of nitrogens with one attached hydrogen (secondary N) is 1. The van der Waals surface area contributed by atoms with Crippen LogP contribution in [-0.4, -0.2) is 38.6 Å². The zero-order valence-corrected chi connectivity index (χ0v) is 14.3. The molecule has 0 bridgehead atoms. The first-order valence-electron chi connectivity index (χ1n) is 8.60. The first kappa shape index (κ1) is 16.4. The lowest BCUT2D eigenvalue weighted by Gasteiger charge is -2.15. The zero-order chi connectivity index (χ0) is 17.9. The number of hydrogen-bond acceptors (Lipinski definition) is 4. The molecule has 4 rings (SSSR count). The highest BCUT2D eigenvalue weighted by atomic mass is 16.3. The van der Waals surface area contributed by atoms with Gasteiger partial charge in [0.15, 0.2) is 0 Å². The van der Waals surface area contributed by atoms with E-state index in [-0.39, 0.29) is 11.7 Å². The molecule has 2 heterocycles. The summed E-state index contributed by atoms with van der Waals surface area (Å²) < 4.78 is 1.71. The second kappa shape index (κ2) is 7.01. The summed E-state index contributed by atoms with van der Waals surface area (Å²) in [7, 11) is 0. The van der Waals surface area contributed by atoms with Crippen molar-refractivity contribution in [1.82, 2.24) is 19.8 Å². The number of aromatic hydroxyl groups is 1. The SMILES string of the molecule is O=C(NCCN1Cc2ccccc2C1)c1cncn1-c1ccc(O)cc1. The van der Waals surface area contributed by atoms with Gasteiger partial charge in [0, 0.05) is 31.9 Å². The fraction of sp³-hybridized carbons (Fsp3) is 0.200. The van der Waals surface area contributed by atoms with Gasteiger partial charge in [-0.25, -0.2) is 4.98 Å². The topological polar surface area (TPSA) is 70.4 Å². The summed E-state index contributed by atoms with van der Waals surface area (Å²) in [4.78, 5) is 18.9. The van der Waals surface area contributed by atoms with Gasteiger partial charge in [-0.2, -0.15) is 0 Å². The molecule has 6 heteroatoms. The largest absolute Gasteiger partial charge is 0.508 e. The number of hydrogen-bond donors (Lipinski definition) is 2. The third kappa shape index (κ3) is 3.32. The van der Waals surface area contributed by atoms with Gasteiger partial charge in [0.2, 0.25) is 0 Å². The van der Waals surface area contributed by atoms with Crippen LogP contribution in [0.25, 0.3) is 5.69 Å². The number of phenols is 1. The molecule has 2 N–H and O–H groups in total. The van der Waals surface area contributed by atoms with Gasteiger partial charge in [0.1, 0.15) is 11.4 Å². The van der Waals surface area contributed by atoms with Crippen LogP contribution < -0.4 is 5.32 Å². The van der Waals surface area contributed by atoms with Crippen molar-refractivity contribution in [3.8, 4) is 11.4 Å². The van der Waals surface area contributed by atoms with Crippen LogP contribution in [0.1, 0.15) is 21.6 Å². The van der Waals surface area contributed by atoms with Gasteiger partial charge in [0.05, 0.1) is 12.5 Å². The minimum absolute atomic E-state index is 0.160. The lowest BCUT2D eigenvalue weighted by Crippen LogP contribution is -2.33. The Morgan fingerprint density at radius 3 is 2.46 bits per heavy atom. The van der Waals surface area contributed by atoms with Crippen LogP contribution in [0.5, 0.6) is 5.75 Å². The number of carbonyl (C=O) groups excluding carboxylic acids is 1. The Morgan fingerprint density at radius 1 is 1.08 bits per heavy atom. The molecule has 26 heavy (non-hydrogen) atoms. The van der Waals surface area contributed by atoms with Crippen molar-refractivity contribution in [1.29, 1.82) is 0 Å². The smallest absolute Gasteiger partial charge is 0.269 e. The Bertz CT molecular complexity index is 893. The maximum Gasteiger partial charge on any atom is 0.269 e. The summed E-state index contributed by atoms with van der Waals surface area (Å²) in [5, 5.41) is 12.4. The Morgan fingerprint density at radius 2 is 1.77 bits per heavy atom. The highest BCUT2D eigenvalue weighted by Gasteiger charge is 2.18. The van der Waals surface area contributed by atoms with E-state index in [1.54, 1.807) is 41.4 Å². The number of rotatable bonds is 5. The molecule has 2 aromatic carbocycles. The van der Waals surface area contributed by atoms with Gasteiger partial charge < -0.3 is 10.4 Å². The summed E-state index contributed by atoms with van der Waals surface area (Å²) in [6, 6.07) is 15.1. The van der Waals surface area contributed by atoms with Gasteiger partial charge in [-0.1, -0.05) is 24.3 Å². The molecule has 1 aliphatic heterocycles. The Kier molecular flexibility index (Phi) is 4.41. The van der Waals surface area contributed by atoms with E-state index in [1.165, 1.54) is 11.1 Å². The van der Waals surface area contributed by atoms with Crippen LogP contribution in [0.2, 0.25) is 0 Å². The molecule has 0 fully saturated rings.